The molecule has 1 unspecified atom stereocenters. The summed E-state index contributed by atoms with van der Waals surface area (Å²) in [6.07, 6.45) is 1.01. The zero-order valence-corrected chi connectivity index (χ0v) is 41.5. The third-order valence-corrected chi connectivity index (χ3v) is 11.1. The molecule has 6 amide bonds. The van der Waals surface area contributed by atoms with E-state index in [2.05, 4.69) is 41.1 Å². The highest BCUT2D eigenvalue weighted by molar-refractivity contribution is 7.87. The SMILES string of the molecule is CCC[C@H](NC(=O)[C@H](Cc1ccc(O[S+](=O)([O-])O)cc1)NC(=O)OC(C)(C)C)C(=O)NCC(=O)N[C@@H](Cc1c[nH]c2ccccc12)C(=O)N[C@@H](CCC)C(=O)N[C@@H](CC(=O)OCCc1ccccc1)C(=O)O. The van der Waals surface area contributed by atoms with Gasteiger partial charge in [-0.25, -0.2) is 9.59 Å². The lowest BCUT2D eigenvalue weighted by atomic mass is 10.0. The van der Waals surface area contributed by atoms with Gasteiger partial charge in [0.05, 0.1) is 19.6 Å². The topological polar surface area (TPSA) is 333 Å². The number of rotatable bonds is 27. The molecule has 0 radical (unpaired) electrons. The largest absolute Gasteiger partial charge is 0.548 e. The Morgan fingerprint density at radius 3 is 1.86 bits per heavy atom. The zero-order chi connectivity index (χ0) is 53.0. The molecule has 0 bridgehead atoms. The van der Waals surface area contributed by atoms with Crippen LogP contribution in [0.15, 0.2) is 85.1 Å². The van der Waals surface area contributed by atoms with Crippen LogP contribution >= 0.6 is 0 Å². The number of aromatic nitrogens is 1. The number of carboxylic acids is 1. The maximum atomic E-state index is 14.1. The van der Waals surface area contributed by atoms with Gasteiger partial charge in [0.1, 0.15) is 35.8 Å². The second-order valence-electron chi connectivity index (χ2n) is 17.7. The van der Waals surface area contributed by atoms with Crippen LogP contribution < -0.4 is 36.1 Å². The second-order valence-corrected chi connectivity index (χ2v) is 18.7. The number of fused-ring (bicyclic) bond motifs is 1. The van der Waals surface area contributed by atoms with Crippen molar-refractivity contribution in [1.29, 1.82) is 0 Å². The van der Waals surface area contributed by atoms with E-state index in [1.807, 2.05) is 36.4 Å². The predicted molar refractivity (Wildman–Crippen MR) is 261 cm³/mol. The Morgan fingerprint density at radius 2 is 1.26 bits per heavy atom. The van der Waals surface area contributed by atoms with Crippen LogP contribution in [-0.4, -0.2) is 116 Å². The molecule has 6 atom stereocenters. The van der Waals surface area contributed by atoms with Crippen molar-refractivity contribution in [2.24, 2.45) is 0 Å². The first-order valence-electron chi connectivity index (χ1n) is 23.2. The minimum Gasteiger partial charge on any atom is -0.548 e. The standard InChI is InChI=1S/C49H63N7O15S/c1-6-13-36(53-45(61)38(56-48(65)70-49(3,4)5)25-31-19-21-33(22-20-31)71-72(66,67)68)43(59)51-29-41(57)52-39(26-32-28-50-35-18-12-11-17-34(32)35)46(62)54-37(14-7-2)44(60)55-40(47(63)64)27-42(58)69-24-23-30-15-9-8-10-16-30/h8-12,15-22,28,36-40,50H,6-7,13-14,23-27,29H2,1-5H3,(H8-,51,52,53,54,55,56,57,59,60,61,62,63,64,65,66,67,68)/t36-,37-,38-,39-,40-/m0/s1. The van der Waals surface area contributed by atoms with Crippen molar-refractivity contribution in [1.82, 2.24) is 36.9 Å². The number of carbonyl (C=O) groups excluding carboxylic acids is 7. The van der Waals surface area contributed by atoms with Crippen LogP contribution in [0.25, 0.3) is 10.9 Å². The van der Waals surface area contributed by atoms with Gasteiger partial charge in [0, 0.05) is 36.4 Å². The van der Waals surface area contributed by atoms with Gasteiger partial charge in [0.2, 0.25) is 29.5 Å². The number of carboxylic acid groups (broad SMARTS) is 1. The predicted octanol–water partition coefficient (Wildman–Crippen LogP) is 3.16. The summed E-state index contributed by atoms with van der Waals surface area (Å²) in [7, 11) is -4.81. The van der Waals surface area contributed by atoms with Crippen LogP contribution in [0.1, 0.15) is 83.4 Å². The van der Waals surface area contributed by atoms with Gasteiger partial charge in [-0.1, -0.05) is 87.4 Å². The summed E-state index contributed by atoms with van der Waals surface area (Å²) in [4.78, 5) is 110. The fourth-order valence-electron chi connectivity index (χ4n) is 7.25. The molecule has 3 aromatic carbocycles. The normalized spacial score (nSPS) is 14.2. The summed E-state index contributed by atoms with van der Waals surface area (Å²) < 4.78 is 46.3. The molecule has 0 fully saturated rings. The number of alkyl carbamates (subject to hydrolysis) is 1. The first-order chi connectivity index (χ1) is 34.0. The van der Waals surface area contributed by atoms with E-state index in [0.29, 0.717) is 30.4 Å². The first-order valence-corrected chi connectivity index (χ1v) is 24.6. The Labute approximate surface area is 417 Å². The van der Waals surface area contributed by atoms with E-state index in [1.54, 1.807) is 59.0 Å². The van der Waals surface area contributed by atoms with Crippen molar-refractivity contribution in [3.8, 4) is 5.75 Å². The van der Waals surface area contributed by atoms with Crippen molar-refractivity contribution in [3.63, 3.8) is 0 Å². The maximum Gasteiger partial charge on any atom is 0.408 e. The number of H-pyrrole nitrogens is 1. The Kier molecular flexibility index (Phi) is 21.7. The quantitative estimate of drug-likeness (QED) is 0.0306. The lowest BCUT2D eigenvalue weighted by Gasteiger charge is -2.25. The molecular formula is C49H63N7O15S. The van der Waals surface area contributed by atoms with E-state index in [4.69, 9.17) is 14.0 Å². The first kappa shape index (κ1) is 57.2. The summed E-state index contributed by atoms with van der Waals surface area (Å²) in [6.45, 7) is 7.63. The van der Waals surface area contributed by atoms with Gasteiger partial charge in [0.25, 0.3) is 0 Å². The Bertz CT molecular complexity index is 2540. The number of para-hydroxylation sites is 1. The van der Waals surface area contributed by atoms with E-state index >= 15 is 0 Å². The van der Waals surface area contributed by atoms with Crippen molar-refractivity contribution < 1.29 is 70.4 Å². The van der Waals surface area contributed by atoms with E-state index in [9.17, 15) is 52.2 Å². The summed E-state index contributed by atoms with van der Waals surface area (Å²) in [5.41, 5.74) is 1.72. The van der Waals surface area contributed by atoms with Gasteiger partial charge < -0.3 is 56.0 Å². The van der Waals surface area contributed by atoms with Gasteiger partial charge in [-0.2, -0.15) is 4.55 Å². The minimum absolute atomic E-state index is 0.0160. The molecule has 4 rings (SSSR count). The molecule has 1 heterocycles. The highest BCUT2D eigenvalue weighted by Crippen LogP contribution is 2.20. The number of aliphatic carboxylic acids is 1. The molecule has 0 aliphatic rings. The van der Waals surface area contributed by atoms with Crippen molar-refractivity contribution in [2.75, 3.05) is 13.2 Å². The van der Waals surface area contributed by atoms with Gasteiger partial charge in [-0.15, -0.1) is 0 Å². The third-order valence-electron chi connectivity index (χ3n) is 10.6. The minimum atomic E-state index is -4.81. The molecule has 390 valence electrons. The highest BCUT2D eigenvalue weighted by Gasteiger charge is 2.33. The summed E-state index contributed by atoms with van der Waals surface area (Å²) in [5, 5.41) is 25.8. The van der Waals surface area contributed by atoms with Crippen LogP contribution in [0.2, 0.25) is 0 Å². The highest BCUT2D eigenvalue weighted by atomic mass is 32.3. The fraction of sp³-hybridized carbons (Fsp3) is 0.429. The molecule has 9 N–H and O–H groups in total. The molecule has 4 aromatic rings. The van der Waals surface area contributed by atoms with Gasteiger partial charge >= 0.3 is 28.8 Å². The lowest BCUT2D eigenvalue weighted by Crippen LogP contribution is -2.57. The van der Waals surface area contributed by atoms with E-state index in [0.717, 1.165) is 16.5 Å². The monoisotopic (exact) mass is 1020 g/mol. The Balaban J connectivity index is 1.46. The molecule has 0 aliphatic heterocycles. The number of esters is 1. The van der Waals surface area contributed by atoms with E-state index < -0.39 is 107 Å². The molecule has 0 saturated carbocycles. The molecule has 0 aliphatic carbocycles. The number of hydrogen-bond donors (Lipinski definition) is 9. The van der Waals surface area contributed by atoms with Gasteiger partial charge in [-0.3, -0.25) is 33.0 Å². The van der Waals surface area contributed by atoms with E-state index in [1.165, 1.54) is 24.3 Å². The number of hydrogen-bond acceptors (Lipinski definition) is 13. The maximum absolute atomic E-state index is 14.1. The van der Waals surface area contributed by atoms with Crippen LogP contribution in [-0.2, 0) is 77.3 Å². The lowest BCUT2D eigenvalue weighted by molar-refractivity contribution is -0.150. The second kappa shape index (κ2) is 27.3. The molecule has 0 spiro atoms. The molecule has 22 nitrogen and oxygen atoms in total. The smallest absolute Gasteiger partial charge is 0.408 e. The average Bonchev–Trinajstić information content (AvgIpc) is 3.72. The van der Waals surface area contributed by atoms with Crippen molar-refractivity contribution >= 4 is 69.2 Å². The zero-order valence-electron chi connectivity index (χ0n) is 40.7. The van der Waals surface area contributed by atoms with Crippen molar-refractivity contribution in [2.45, 2.75) is 122 Å². The number of nitrogens with one attached hydrogen (secondary N) is 7. The molecule has 0 saturated heterocycles. The summed E-state index contributed by atoms with van der Waals surface area (Å²) in [6, 6.07) is 14.7. The molecule has 1 aromatic heterocycles. The molecule has 23 heteroatoms. The van der Waals surface area contributed by atoms with Crippen LogP contribution in [0.5, 0.6) is 5.75 Å². The van der Waals surface area contributed by atoms with E-state index in [-0.39, 0.29) is 38.0 Å². The van der Waals surface area contributed by atoms with Crippen LogP contribution in [0, 0.1) is 0 Å². The average molecular weight is 1020 g/mol. The van der Waals surface area contributed by atoms with Crippen LogP contribution in [0.4, 0.5) is 4.79 Å². The number of carbonyl (C=O) groups is 8. The Hall–Kier alpha value is -7.37. The summed E-state index contributed by atoms with van der Waals surface area (Å²) in [5.74, 6) is -6.73. The Morgan fingerprint density at radius 1 is 0.694 bits per heavy atom. The molecular weight excluding hydrogens is 959 g/mol. The number of benzene rings is 3. The number of amides is 6. The van der Waals surface area contributed by atoms with Crippen LogP contribution in [0.3, 0.4) is 0 Å². The van der Waals surface area contributed by atoms with Gasteiger partial charge in [0.15, 0.2) is 5.75 Å². The fourth-order valence-corrected chi connectivity index (χ4v) is 7.60. The third kappa shape index (κ3) is 19.8. The molecule has 72 heavy (non-hydrogen) atoms. The number of aromatic amines is 1. The van der Waals surface area contributed by atoms with Crippen molar-refractivity contribution in [3.05, 3.63) is 102 Å². The number of ether oxygens (including phenoxy) is 2. The van der Waals surface area contributed by atoms with Gasteiger partial charge in [-0.05, 0) is 72.7 Å². The summed E-state index contributed by atoms with van der Waals surface area (Å²) >= 11 is 0.